The van der Waals surface area contributed by atoms with Gasteiger partial charge in [0.25, 0.3) is 0 Å². The Bertz CT molecular complexity index is 375. The number of nitrogens with zero attached hydrogens (tertiary/aromatic N) is 8. The van der Waals surface area contributed by atoms with Gasteiger partial charge in [-0.3, -0.25) is 0 Å². The Morgan fingerprint density at radius 3 is 1.57 bits per heavy atom. The maximum atomic E-state index is 4.04. The first-order valence-corrected chi connectivity index (χ1v) is 4.23. The second-order valence-corrected chi connectivity index (χ2v) is 2.87. The molecule has 8 heteroatoms. The van der Waals surface area contributed by atoms with Crippen molar-refractivity contribution >= 4 is 0 Å². The van der Waals surface area contributed by atoms with Gasteiger partial charge in [-0.15, -0.1) is 20.4 Å². The molecule has 0 bridgehead atoms. The summed E-state index contributed by atoms with van der Waals surface area (Å²) in [6.07, 6.45) is 0. The lowest BCUT2D eigenvalue weighted by Crippen LogP contribution is -2.12. The molecule has 0 unspecified atom stereocenters. The molecule has 0 spiro atoms. The molecule has 0 aliphatic rings. The Kier molecular flexibility index (Phi) is 2.17. The maximum Gasteiger partial charge on any atom is 0.171 e. The quantitative estimate of drug-likeness (QED) is 0.621. The predicted molar refractivity (Wildman–Crippen MR) is 45.1 cm³/mol. The zero-order valence-corrected chi connectivity index (χ0v) is 7.99. The summed E-state index contributed by atoms with van der Waals surface area (Å²) in [4.78, 5) is 3.02. The van der Waals surface area contributed by atoms with E-state index in [2.05, 4.69) is 30.8 Å². The van der Waals surface area contributed by atoms with Gasteiger partial charge < -0.3 is 0 Å². The molecule has 2 rings (SSSR count). The molecular formula is C6H10N8. The van der Waals surface area contributed by atoms with E-state index in [1.54, 1.807) is 13.8 Å². The lowest BCUT2D eigenvalue weighted by molar-refractivity contribution is 0.415. The van der Waals surface area contributed by atoms with Crippen molar-refractivity contribution in [3.8, 4) is 0 Å². The van der Waals surface area contributed by atoms with Gasteiger partial charge in [-0.1, -0.05) is 0 Å². The van der Waals surface area contributed by atoms with E-state index in [0.717, 1.165) is 0 Å². The van der Waals surface area contributed by atoms with Gasteiger partial charge in [-0.05, 0) is 24.3 Å². The number of aryl methyl sites for hydroxylation is 4. The average molecular weight is 194 g/mol. The van der Waals surface area contributed by atoms with Crippen molar-refractivity contribution < 1.29 is 0 Å². The van der Waals surface area contributed by atoms with Crippen LogP contribution in [0.2, 0.25) is 0 Å². The van der Waals surface area contributed by atoms with Crippen molar-refractivity contribution in [3.63, 3.8) is 0 Å². The smallest absolute Gasteiger partial charge is 0.162 e. The van der Waals surface area contributed by atoms with Crippen LogP contribution >= 0.6 is 0 Å². The number of hydrogen-bond donors (Lipinski definition) is 0. The summed E-state index contributed by atoms with van der Waals surface area (Å²) < 4.78 is 0. The van der Waals surface area contributed by atoms with Crippen LogP contribution in [0.4, 0.5) is 0 Å². The van der Waals surface area contributed by atoms with E-state index in [1.165, 1.54) is 9.59 Å². The molecule has 0 atom stereocenters. The summed E-state index contributed by atoms with van der Waals surface area (Å²) >= 11 is 0. The fraction of sp³-hybridized carbons (Fsp3) is 0.667. The topological polar surface area (TPSA) is 87.2 Å². The van der Waals surface area contributed by atoms with Gasteiger partial charge in [0, 0.05) is 0 Å². The van der Waals surface area contributed by atoms with Crippen LogP contribution in [-0.4, -0.2) is 40.4 Å². The number of aromatic nitrogens is 8. The molecule has 0 saturated heterocycles. The van der Waals surface area contributed by atoms with Crippen molar-refractivity contribution in [1.82, 2.24) is 40.4 Å². The number of hydrogen-bond acceptors (Lipinski definition) is 6. The first-order valence-electron chi connectivity index (χ1n) is 4.23. The summed E-state index contributed by atoms with van der Waals surface area (Å²) in [7, 11) is 0. The monoisotopic (exact) mass is 194 g/mol. The van der Waals surface area contributed by atoms with Crippen molar-refractivity contribution in [1.29, 1.82) is 0 Å². The van der Waals surface area contributed by atoms with Crippen LogP contribution in [0.1, 0.15) is 11.6 Å². The van der Waals surface area contributed by atoms with E-state index in [1.807, 2.05) is 0 Å². The van der Waals surface area contributed by atoms with Gasteiger partial charge >= 0.3 is 0 Å². The van der Waals surface area contributed by atoms with Crippen LogP contribution in [0.5, 0.6) is 0 Å². The lowest BCUT2D eigenvalue weighted by Gasteiger charge is -1.96. The van der Waals surface area contributed by atoms with Gasteiger partial charge in [0.2, 0.25) is 0 Å². The Morgan fingerprint density at radius 1 is 0.857 bits per heavy atom. The highest BCUT2D eigenvalue weighted by molar-refractivity contribution is 4.68. The van der Waals surface area contributed by atoms with E-state index in [0.29, 0.717) is 24.7 Å². The zero-order chi connectivity index (χ0) is 9.97. The third-order valence-electron chi connectivity index (χ3n) is 1.61. The SMILES string of the molecule is Cc1nnn(CCn2nnc(C)n2)n1. The molecule has 2 heterocycles. The molecule has 0 N–H and O–H groups in total. The number of tetrazole rings is 2. The highest BCUT2D eigenvalue weighted by Crippen LogP contribution is 1.86. The minimum atomic E-state index is 0.594. The highest BCUT2D eigenvalue weighted by atomic mass is 15.6. The molecule has 0 aliphatic heterocycles. The van der Waals surface area contributed by atoms with Crippen LogP contribution < -0.4 is 0 Å². The van der Waals surface area contributed by atoms with Crippen molar-refractivity contribution in [3.05, 3.63) is 11.6 Å². The largest absolute Gasteiger partial charge is 0.171 e. The second kappa shape index (κ2) is 3.48. The Hall–Kier alpha value is -1.86. The summed E-state index contributed by atoms with van der Waals surface area (Å²) in [6.45, 7) is 4.77. The molecule has 0 aromatic carbocycles. The molecular weight excluding hydrogens is 184 g/mol. The van der Waals surface area contributed by atoms with Gasteiger partial charge in [-0.25, -0.2) is 0 Å². The summed E-state index contributed by atoms with van der Waals surface area (Å²) in [5.41, 5.74) is 0. The first-order chi connectivity index (χ1) is 6.74. The molecule has 8 nitrogen and oxygen atoms in total. The lowest BCUT2D eigenvalue weighted by atomic mass is 10.7. The molecule has 0 amide bonds. The van der Waals surface area contributed by atoms with Gasteiger partial charge in [-0.2, -0.15) is 9.59 Å². The van der Waals surface area contributed by atoms with Gasteiger partial charge in [0.05, 0.1) is 13.1 Å². The molecule has 0 saturated carbocycles. The van der Waals surface area contributed by atoms with E-state index in [4.69, 9.17) is 0 Å². The normalized spacial score (nSPS) is 10.7. The van der Waals surface area contributed by atoms with Crippen LogP contribution in [0.15, 0.2) is 0 Å². The third-order valence-corrected chi connectivity index (χ3v) is 1.61. The summed E-state index contributed by atoms with van der Waals surface area (Å²) in [5.74, 6) is 1.32. The van der Waals surface area contributed by atoms with E-state index < -0.39 is 0 Å². The molecule has 2 aromatic heterocycles. The standard InChI is InChI=1S/C6H10N8/c1-5-7-11-13(9-5)3-4-14-10-6(2)8-12-14/h3-4H2,1-2H3. The van der Waals surface area contributed by atoms with Crippen LogP contribution in [0.25, 0.3) is 0 Å². The zero-order valence-electron chi connectivity index (χ0n) is 7.99. The Balaban J connectivity index is 1.94. The Labute approximate surface area is 79.9 Å². The van der Waals surface area contributed by atoms with Crippen LogP contribution in [0, 0.1) is 13.8 Å². The first kappa shape index (κ1) is 8.73. The molecule has 0 radical (unpaired) electrons. The molecule has 0 fully saturated rings. The van der Waals surface area contributed by atoms with Crippen molar-refractivity contribution in [2.75, 3.05) is 0 Å². The van der Waals surface area contributed by atoms with Crippen LogP contribution in [-0.2, 0) is 13.1 Å². The molecule has 2 aromatic rings. The Morgan fingerprint density at radius 2 is 1.29 bits per heavy atom. The molecule has 0 aliphatic carbocycles. The fourth-order valence-corrected chi connectivity index (χ4v) is 1.02. The fourth-order valence-electron chi connectivity index (χ4n) is 1.02. The second-order valence-electron chi connectivity index (χ2n) is 2.87. The van der Waals surface area contributed by atoms with Gasteiger partial charge in [0.15, 0.2) is 11.6 Å². The van der Waals surface area contributed by atoms with E-state index in [-0.39, 0.29) is 0 Å². The van der Waals surface area contributed by atoms with E-state index >= 15 is 0 Å². The van der Waals surface area contributed by atoms with Gasteiger partial charge in [0.1, 0.15) is 0 Å². The van der Waals surface area contributed by atoms with Crippen molar-refractivity contribution in [2.24, 2.45) is 0 Å². The average Bonchev–Trinajstić information content (AvgIpc) is 2.72. The molecule has 74 valence electrons. The highest BCUT2D eigenvalue weighted by Gasteiger charge is 2.00. The minimum absolute atomic E-state index is 0.594. The van der Waals surface area contributed by atoms with E-state index in [9.17, 15) is 0 Å². The summed E-state index contributed by atoms with van der Waals surface area (Å²) in [6, 6.07) is 0. The number of rotatable bonds is 3. The van der Waals surface area contributed by atoms with Crippen LogP contribution in [0.3, 0.4) is 0 Å². The van der Waals surface area contributed by atoms with Crippen molar-refractivity contribution in [2.45, 2.75) is 26.9 Å². The predicted octanol–water partition coefficient (Wildman–Crippen LogP) is -1.02. The third kappa shape index (κ3) is 1.90. The summed E-state index contributed by atoms with van der Waals surface area (Å²) in [5, 5.41) is 23.2. The maximum absolute atomic E-state index is 4.04. The minimum Gasteiger partial charge on any atom is -0.162 e. The molecule has 14 heavy (non-hydrogen) atoms.